The molecule has 2 aromatic carbocycles. The summed E-state index contributed by atoms with van der Waals surface area (Å²) < 4.78 is 7.35. The van der Waals surface area contributed by atoms with Gasteiger partial charge in [-0.15, -0.1) is 0 Å². The molecule has 1 aromatic heterocycles. The number of para-hydroxylation sites is 1. The van der Waals surface area contributed by atoms with Gasteiger partial charge in [-0.2, -0.15) is 9.78 Å². The van der Waals surface area contributed by atoms with Crippen LogP contribution in [0.5, 0.6) is 5.75 Å². The molecule has 3 rings (SSSR count). The summed E-state index contributed by atoms with van der Waals surface area (Å²) in [6.45, 7) is 5.21. The Labute approximate surface area is 181 Å². The van der Waals surface area contributed by atoms with Crippen LogP contribution in [0.25, 0.3) is 5.69 Å². The third kappa shape index (κ3) is 5.94. The van der Waals surface area contributed by atoms with Crippen LogP contribution < -0.4 is 9.61 Å². The lowest BCUT2D eigenvalue weighted by Crippen LogP contribution is -2.12. The van der Waals surface area contributed by atoms with Crippen molar-refractivity contribution in [2.24, 2.45) is 5.92 Å². The van der Waals surface area contributed by atoms with E-state index in [-0.39, 0.29) is 4.87 Å². The van der Waals surface area contributed by atoms with E-state index < -0.39 is 0 Å². The zero-order chi connectivity index (χ0) is 20.6. The quantitative estimate of drug-likeness (QED) is 0.388. The van der Waals surface area contributed by atoms with E-state index in [4.69, 9.17) is 16.3 Å². The lowest BCUT2D eigenvalue weighted by atomic mass is 10.0. The molecular weight excluding hydrogens is 404 g/mol. The first-order valence-corrected chi connectivity index (χ1v) is 11.4. The highest BCUT2D eigenvalue weighted by Gasteiger charge is 2.12. The molecule has 154 valence electrons. The van der Waals surface area contributed by atoms with Gasteiger partial charge in [0.25, 0.3) is 0 Å². The molecule has 0 saturated carbocycles. The van der Waals surface area contributed by atoms with E-state index in [2.05, 4.69) is 18.9 Å². The van der Waals surface area contributed by atoms with Gasteiger partial charge < -0.3 is 4.74 Å². The SMILES string of the molecule is CCCCC(CC)COc1ccc(Cc2nn(-c3ccccc3Cl)c(=O)s2)cc1. The number of unbranched alkanes of at least 4 members (excludes halogenated alkanes) is 1. The molecule has 0 aliphatic heterocycles. The number of hydrogen-bond acceptors (Lipinski definition) is 4. The van der Waals surface area contributed by atoms with E-state index in [1.165, 1.54) is 23.9 Å². The van der Waals surface area contributed by atoms with Gasteiger partial charge in [0.05, 0.1) is 17.3 Å². The fraction of sp³-hybridized carbons (Fsp3) is 0.391. The molecule has 0 fully saturated rings. The molecule has 0 aliphatic rings. The summed E-state index contributed by atoms with van der Waals surface area (Å²) in [4.78, 5) is 12.2. The lowest BCUT2D eigenvalue weighted by molar-refractivity contribution is 0.233. The van der Waals surface area contributed by atoms with E-state index in [9.17, 15) is 4.79 Å². The van der Waals surface area contributed by atoms with Crippen LogP contribution in [0.3, 0.4) is 0 Å². The van der Waals surface area contributed by atoms with Crippen molar-refractivity contribution in [2.75, 3.05) is 6.61 Å². The number of halogens is 1. The van der Waals surface area contributed by atoms with Crippen LogP contribution >= 0.6 is 22.9 Å². The topological polar surface area (TPSA) is 44.1 Å². The highest BCUT2D eigenvalue weighted by molar-refractivity contribution is 7.08. The van der Waals surface area contributed by atoms with Crippen LogP contribution in [0.1, 0.15) is 50.1 Å². The normalized spacial score (nSPS) is 12.1. The molecule has 1 heterocycles. The molecule has 0 saturated heterocycles. The summed E-state index contributed by atoms with van der Waals surface area (Å²) in [5.74, 6) is 1.50. The molecule has 1 atom stereocenters. The Hall–Kier alpha value is -2.11. The molecule has 0 amide bonds. The van der Waals surface area contributed by atoms with Crippen molar-refractivity contribution < 1.29 is 4.74 Å². The van der Waals surface area contributed by atoms with Gasteiger partial charge >= 0.3 is 4.87 Å². The third-order valence-corrected chi connectivity index (χ3v) is 6.11. The van der Waals surface area contributed by atoms with E-state index >= 15 is 0 Å². The van der Waals surface area contributed by atoms with E-state index in [1.54, 1.807) is 12.1 Å². The van der Waals surface area contributed by atoms with Crippen molar-refractivity contribution in [3.63, 3.8) is 0 Å². The standard InChI is InChI=1S/C23H27ClN2O2S/c1-3-5-8-17(4-2)16-28-19-13-11-18(12-14-19)15-22-25-26(23(27)29-22)21-10-7-6-9-20(21)24/h6-7,9-14,17H,3-5,8,15-16H2,1-2H3. The molecule has 0 bridgehead atoms. The maximum Gasteiger partial charge on any atom is 0.329 e. The average molecular weight is 431 g/mol. The highest BCUT2D eigenvalue weighted by atomic mass is 35.5. The van der Waals surface area contributed by atoms with Gasteiger partial charge in [-0.25, -0.2) is 0 Å². The summed E-state index contributed by atoms with van der Waals surface area (Å²) in [7, 11) is 0. The summed E-state index contributed by atoms with van der Waals surface area (Å²) in [6, 6.07) is 15.3. The molecule has 0 N–H and O–H groups in total. The third-order valence-electron chi connectivity index (χ3n) is 4.98. The molecule has 1 unspecified atom stereocenters. The van der Waals surface area contributed by atoms with Crippen LogP contribution in [-0.2, 0) is 6.42 Å². The van der Waals surface area contributed by atoms with Gasteiger partial charge in [0.1, 0.15) is 10.8 Å². The predicted octanol–water partition coefficient (Wildman–Crippen LogP) is 6.13. The number of ether oxygens (including phenoxy) is 1. The van der Waals surface area contributed by atoms with E-state index in [0.29, 0.717) is 23.0 Å². The summed E-state index contributed by atoms with van der Waals surface area (Å²) >= 11 is 7.35. The molecule has 3 aromatic rings. The van der Waals surface area contributed by atoms with Gasteiger partial charge in [0, 0.05) is 6.42 Å². The van der Waals surface area contributed by atoms with Crippen LogP contribution in [0.15, 0.2) is 53.3 Å². The maximum absolute atomic E-state index is 12.3. The average Bonchev–Trinajstić information content (AvgIpc) is 3.09. The summed E-state index contributed by atoms with van der Waals surface area (Å²) in [5, 5.41) is 5.73. The Balaban J connectivity index is 1.62. The Morgan fingerprint density at radius 1 is 1.14 bits per heavy atom. The second kappa shape index (κ2) is 10.6. The van der Waals surface area contributed by atoms with Crippen molar-refractivity contribution in [1.82, 2.24) is 9.78 Å². The molecule has 0 radical (unpaired) electrons. The van der Waals surface area contributed by atoms with Gasteiger partial charge in [0.15, 0.2) is 0 Å². The highest BCUT2D eigenvalue weighted by Crippen LogP contribution is 2.21. The number of benzene rings is 2. The fourth-order valence-corrected chi connectivity index (χ4v) is 4.16. The largest absolute Gasteiger partial charge is 0.493 e. The van der Waals surface area contributed by atoms with Gasteiger partial charge in [0.2, 0.25) is 0 Å². The van der Waals surface area contributed by atoms with Crippen LogP contribution in [0, 0.1) is 5.92 Å². The van der Waals surface area contributed by atoms with Crippen LogP contribution in [0.2, 0.25) is 5.02 Å². The Kier molecular flexibility index (Phi) is 7.90. The zero-order valence-electron chi connectivity index (χ0n) is 16.9. The van der Waals surface area contributed by atoms with Crippen LogP contribution in [-0.4, -0.2) is 16.4 Å². The number of nitrogens with zero attached hydrogens (tertiary/aromatic N) is 2. The van der Waals surface area contributed by atoms with Crippen molar-refractivity contribution in [1.29, 1.82) is 0 Å². The van der Waals surface area contributed by atoms with E-state index in [1.807, 2.05) is 36.4 Å². The Morgan fingerprint density at radius 2 is 1.90 bits per heavy atom. The Morgan fingerprint density at radius 3 is 2.59 bits per heavy atom. The number of aromatic nitrogens is 2. The predicted molar refractivity (Wildman–Crippen MR) is 121 cm³/mol. The zero-order valence-corrected chi connectivity index (χ0v) is 18.5. The minimum absolute atomic E-state index is 0.134. The number of rotatable bonds is 10. The van der Waals surface area contributed by atoms with E-state index in [0.717, 1.165) is 40.7 Å². The summed E-state index contributed by atoms with van der Waals surface area (Å²) in [5.41, 5.74) is 1.70. The maximum atomic E-state index is 12.3. The van der Waals surface area contributed by atoms with Crippen molar-refractivity contribution in [2.45, 2.75) is 46.0 Å². The molecule has 6 heteroatoms. The second-order valence-electron chi connectivity index (χ2n) is 7.17. The second-order valence-corrected chi connectivity index (χ2v) is 8.60. The molecule has 0 aliphatic carbocycles. The number of hydrogen-bond donors (Lipinski definition) is 0. The summed E-state index contributed by atoms with van der Waals surface area (Å²) in [6.07, 6.45) is 5.45. The first kappa shape index (κ1) is 21.6. The fourth-order valence-electron chi connectivity index (χ4n) is 3.15. The lowest BCUT2D eigenvalue weighted by Gasteiger charge is -2.15. The smallest absolute Gasteiger partial charge is 0.329 e. The van der Waals surface area contributed by atoms with Gasteiger partial charge in [-0.1, -0.05) is 80.3 Å². The first-order chi connectivity index (χ1) is 14.1. The van der Waals surface area contributed by atoms with Crippen molar-refractivity contribution >= 4 is 22.9 Å². The minimum Gasteiger partial charge on any atom is -0.493 e. The van der Waals surface area contributed by atoms with Crippen LogP contribution in [0.4, 0.5) is 0 Å². The first-order valence-electron chi connectivity index (χ1n) is 10.2. The minimum atomic E-state index is -0.134. The Bertz CT molecular complexity index is 966. The monoisotopic (exact) mass is 430 g/mol. The van der Waals surface area contributed by atoms with Gasteiger partial charge in [-0.3, -0.25) is 4.79 Å². The molecular formula is C23H27ClN2O2S. The van der Waals surface area contributed by atoms with Gasteiger partial charge in [-0.05, 0) is 42.2 Å². The molecule has 0 spiro atoms. The van der Waals surface area contributed by atoms with Crippen molar-refractivity contribution in [3.8, 4) is 11.4 Å². The van der Waals surface area contributed by atoms with Crippen molar-refractivity contribution in [3.05, 3.63) is 73.8 Å². The molecule has 4 nitrogen and oxygen atoms in total. The molecule has 29 heavy (non-hydrogen) atoms.